The van der Waals surface area contributed by atoms with Crippen LogP contribution in [0, 0.1) is 0 Å². The number of benzene rings is 1. The molecular weight excluding hydrogens is 242 g/mol. The molecular formula is C15H23NO3. The van der Waals surface area contributed by atoms with Crippen molar-refractivity contribution in [3.8, 4) is 5.75 Å². The van der Waals surface area contributed by atoms with Crippen LogP contribution in [-0.2, 0) is 4.79 Å². The van der Waals surface area contributed by atoms with Gasteiger partial charge in [0.15, 0.2) is 6.61 Å². The van der Waals surface area contributed by atoms with Gasteiger partial charge in [-0.15, -0.1) is 0 Å². The van der Waals surface area contributed by atoms with Gasteiger partial charge in [-0.1, -0.05) is 32.9 Å². The number of aliphatic hydroxyl groups excluding tert-OH is 1. The Balaban J connectivity index is 2.41. The maximum Gasteiger partial charge on any atom is 0.258 e. The SMILES string of the molecule is CC[C@@H](CO)NC(=O)COc1ccc(C(C)C)cc1. The van der Waals surface area contributed by atoms with E-state index in [4.69, 9.17) is 9.84 Å². The number of carbonyl (C=O) groups is 1. The molecule has 0 aromatic heterocycles. The zero-order chi connectivity index (χ0) is 14.3. The summed E-state index contributed by atoms with van der Waals surface area (Å²) in [4.78, 5) is 11.6. The third kappa shape index (κ3) is 5.30. The second kappa shape index (κ2) is 7.79. The molecule has 4 nitrogen and oxygen atoms in total. The highest BCUT2D eigenvalue weighted by Gasteiger charge is 2.09. The van der Waals surface area contributed by atoms with Crippen molar-refractivity contribution in [1.29, 1.82) is 0 Å². The van der Waals surface area contributed by atoms with Crippen molar-refractivity contribution in [3.63, 3.8) is 0 Å². The van der Waals surface area contributed by atoms with Crippen LogP contribution in [-0.4, -0.2) is 30.3 Å². The van der Waals surface area contributed by atoms with Crippen LogP contribution in [0.4, 0.5) is 0 Å². The molecule has 0 fully saturated rings. The fourth-order valence-electron chi connectivity index (χ4n) is 1.64. The minimum absolute atomic E-state index is 0.0302. The number of ether oxygens (including phenoxy) is 1. The fourth-order valence-corrected chi connectivity index (χ4v) is 1.64. The quantitative estimate of drug-likeness (QED) is 0.793. The van der Waals surface area contributed by atoms with Gasteiger partial charge in [0.25, 0.3) is 5.91 Å². The first kappa shape index (κ1) is 15.5. The lowest BCUT2D eigenvalue weighted by Crippen LogP contribution is -2.39. The van der Waals surface area contributed by atoms with Crippen molar-refractivity contribution < 1.29 is 14.6 Å². The molecule has 1 rings (SSSR count). The van der Waals surface area contributed by atoms with E-state index in [2.05, 4.69) is 19.2 Å². The Bertz CT molecular complexity index is 383. The van der Waals surface area contributed by atoms with Crippen molar-refractivity contribution in [3.05, 3.63) is 29.8 Å². The molecule has 0 radical (unpaired) electrons. The van der Waals surface area contributed by atoms with E-state index < -0.39 is 0 Å². The van der Waals surface area contributed by atoms with Crippen LogP contribution in [0.3, 0.4) is 0 Å². The van der Waals surface area contributed by atoms with Gasteiger partial charge in [0.05, 0.1) is 12.6 Å². The predicted octanol–water partition coefficient (Wildman–Crippen LogP) is 2.08. The Morgan fingerprint density at radius 1 is 1.32 bits per heavy atom. The van der Waals surface area contributed by atoms with Gasteiger partial charge in [-0.25, -0.2) is 0 Å². The fraction of sp³-hybridized carbons (Fsp3) is 0.533. The molecule has 1 aromatic carbocycles. The Hall–Kier alpha value is -1.55. The highest BCUT2D eigenvalue weighted by Crippen LogP contribution is 2.18. The number of nitrogens with one attached hydrogen (secondary N) is 1. The van der Waals surface area contributed by atoms with Crippen LogP contribution in [0.1, 0.15) is 38.7 Å². The number of amides is 1. The van der Waals surface area contributed by atoms with Gasteiger partial charge in [0.2, 0.25) is 0 Å². The summed E-state index contributed by atoms with van der Waals surface area (Å²) < 4.78 is 5.40. The van der Waals surface area contributed by atoms with Gasteiger partial charge >= 0.3 is 0 Å². The highest BCUT2D eigenvalue weighted by molar-refractivity contribution is 5.77. The smallest absolute Gasteiger partial charge is 0.258 e. The molecule has 0 spiro atoms. The van der Waals surface area contributed by atoms with E-state index in [0.29, 0.717) is 18.1 Å². The summed E-state index contributed by atoms with van der Waals surface area (Å²) in [7, 11) is 0. The average Bonchev–Trinajstić information content (AvgIpc) is 2.43. The van der Waals surface area contributed by atoms with Gasteiger partial charge in [-0.2, -0.15) is 0 Å². The molecule has 106 valence electrons. The van der Waals surface area contributed by atoms with E-state index in [0.717, 1.165) is 0 Å². The van der Waals surface area contributed by atoms with Gasteiger partial charge in [-0.3, -0.25) is 4.79 Å². The van der Waals surface area contributed by atoms with Crippen LogP contribution < -0.4 is 10.1 Å². The minimum Gasteiger partial charge on any atom is -0.484 e. The molecule has 0 heterocycles. The zero-order valence-corrected chi connectivity index (χ0v) is 11.8. The van der Waals surface area contributed by atoms with Gasteiger partial charge < -0.3 is 15.2 Å². The minimum atomic E-state index is -0.214. The average molecular weight is 265 g/mol. The number of rotatable bonds is 7. The monoisotopic (exact) mass is 265 g/mol. The van der Waals surface area contributed by atoms with Crippen LogP contribution >= 0.6 is 0 Å². The van der Waals surface area contributed by atoms with Crippen molar-refractivity contribution in [2.24, 2.45) is 0 Å². The second-order valence-corrected chi connectivity index (χ2v) is 4.87. The largest absolute Gasteiger partial charge is 0.484 e. The Morgan fingerprint density at radius 3 is 2.42 bits per heavy atom. The molecule has 4 heteroatoms. The van der Waals surface area contributed by atoms with Crippen molar-refractivity contribution in [1.82, 2.24) is 5.32 Å². The lowest BCUT2D eigenvalue weighted by Gasteiger charge is -2.14. The first-order valence-corrected chi connectivity index (χ1v) is 6.69. The molecule has 1 amide bonds. The van der Waals surface area contributed by atoms with Crippen molar-refractivity contribution >= 4 is 5.91 Å². The lowest BCUT2D eigenvalue weighted by molar-refractivity contribution is -0.124. The van der Waals surface area contributed by atoms with E-state index in [9.17, 15) is 4.79 Å². The number of carbonyl (C=O) groups excluding carboxylic acids is 1. The molecule has 1 atom stereocenters. The van der Waals surface area contributed by atoms with Crippen LogP contribution in [0.15, 0.2) is 24.3 Å². The molecule has 0 aliphatic rings. The van der Waals surface area contributed by atoms with E-state index in [1.54, 1.807) is 0 Å². The van der Waals surface area contributed by atoms with Gasteiger partial charge in [0, 0.05) is 0 Å². The Labute approximate surface area is 114 Å². The molecule has 2 N–H and O–H groups in total. The summed E-state index contributed by atoms with van der Waals surface area (Å²) in [6.45, 7) is 6.09. The van der Waals surface area contributed by atoms with Crippen molar-refractivity contribution in [2.75, 3.05) is 13.2 Å². The van der Waals surface area contributed by atoms with E-state index in [-0.39, 0.29) is 25.2 Å². The summed E-state index contributed by atoms with van der Waals surface area (Å²) in [6.07, 6.45) is 0.700. The zero-order valence-electron chi connectivity index (χ0n) is 11.8. The van der Waals surface area contributed by atoms with Crippen molar-refractivity contribution in [2.45, 2.75) is 39.2 Å². The van der Waals surface area contributed by atoms with Gasteiger partial charge in [0.1, 0.15) is 5.75 Å². The summed E-state index contributed by atoms with van der Waals surface area (Å²) in [5, 5.41) is 11.7. The normalized spacial score (nSPS) is 12.3. The molecule has 19 heavy (non-hydrogen) atoms. The van der Waals surface area contributed by atoms with E-state index in [1.165, 1.54) is 5.56 Å². The molecule has 0 saturated heterocycles. The van der Waals surface area contributed by atoms with Crippen LogP contribution in [0.5, 0.6) is 5.75 Å². The number of hydrogen-bond acceptors (Lipinski definition) is 3. The third-order valence-corrected chi connectivity index (χ3v) is 2.99. The Kier molecular flexibility index (Phi) is 6.36. The Morgan fingerprint density at radius 2 is 1.95 bits per heavy atom. The summed E-state index contributed by atoms with van der Waals surface area (Å²) >= 11 is 0. The van der Waals surface area contributed by atoms with Crippen LogP contribution in [0.25, 0.3) is 0 Å². The molecule has 0 bridgehead atoms. The number of hydrogen-bond donors (Lipinski definition) is 2. The second-order valence-electron chi connectivity index (χ2n) is 4.87. The summed E-state index contributed by atoms with van der Waals surface area (Å²) in [5.74, 6) is 0.942. The standard InChI is InChI=1S/C15H23NO3/c1-4-13(9-17)16-15(18)10-19-14-7-5-12(6-8-14)11(2)3/h5-8,11,13,17H,4,9-10H2,1-3H3,(H,16,18)/t13-/m0/s1. The molecule has 0 aliphatic heterocycles. The van der Waals surface area contributed by atoms with Gasteiger partial charge in [-0.05, 0) is 30.0 Å². The maximum absolute atomic E-state index is 11.6. The highest BCUT2D eigenvalue weighted by atomic mass is 16.5. The maximum atomic E-state index is 11.6. The molecule has 0 saturated carbocycles. The number of aliphatic hydroxyl groups is 1. The third-order valence-electron chi connectivity index (χ3n) is 2.99. The van der Waals surface area contributed by atoms with Crippen LogP contribution in [0.2, 0.25) is 0 Å². The topological polar surface area (TPSA) is 58.6 Å². The first-order valence-electron chi connectivity index (χ1n) is 6.69. The molecule has 1 aromatic rings. The molecule has 0 aliphatic carbocycles. The predicted molar refractivity (Wildman–Crippen MR) is 75.3 cm³/mol. The van der Waals surface area contributed by atoms with E-state index in [1.807, 2.05) is 31.2 Å². The first-order chi connectivity index (χ1) is 9.06. The summed E-state index contributed by atoms with van der Waals surface area (Å²) in [6, 6.07) is 7.54. The summed E-state index contributed by atoms with van der Waals surface area (Å²) in [5.41, 5.74) is 1.24. The lowest BCUT2D eigenvalue weighted by atomic mass is 10.0. The molecule has 0 unspecified atom stereocenters. The van der Waals surface area contributed by atoms with E-state index >= 15 is 0 Å².